The number of ether oxygens (including phenoxy) is 2. The van der Waals surface area contributed by atoms with Crippen LogP contribution < -0.4 is 9.47 Å². The molecule has 0 unspecified atom stereocenters. The predicted octanol–water partition coefficient (Wildman–Crippen LogP) is 4.23. The summed E-state index contributed by atoms with van der Waals surface area (Å²) in [6.07, 6.45) is 0.528. The highest BCUT2D eigenvalue weighted by molar-refractivity contribution is 8.02. The number of aromatic hydroxyl groups is 1. The van der Waals surface area contributed by atoms with Crippen molar-refractivity contribution < 1.29 is 46.1 Å². The monoisotopic (exact) mass is 691 g/mol. The molecular weight excluding hydrogens is 667 g/mol. The van der Waals surface area contributed by atoms with E-state index in [1.807, 2.05) is 0 Å². The molecule has 2 atom stereocenters. The van der Waals surface area contributed by atoms with E-state index in [9.17, 15) is 37.1 Å². The summed E-state index contributed by atoms with van der Waals surface area (Å²) in [6, 6.07) is 8.76. The smallest absolute Gasteiger partial charge is 0.387 e. The lowest BCUT2D eigenvalue weighted by atomic mass is 10.0. The quantitative estimate of drug-likeness (QED) is 0.188. The third-order valence-corrected chi connectivity index (χ3v) is 10.2. The maximum atomic E-state index is 13.6. The number of hydrogen-bond donors (Lipinski definition) is 1. The number of hydrogen-bond acceptors (Lipinski definition) is 9. The molecule has 17 heteroatoms. The lowest BCUT2D eigenvalue weighted by Gasteiger charge is -2.26. The molecule has 1 amide bonds. The summed E-state index contributed by atoms with van der Waals surface area (Å²) >= 11 is 13.5. The number of alkyl halides is 2. The van der Waals surface area contributed by atoms with Crippen LogP contribution in [0.4, 0.5) is 8.78 Å². The third-order valence-electron chi connectivity index (χ3n) is 6.42. The van der Waals surface area contributed by atoms with Crippen LogP contribution in [0.25, 0.3) is 0 Å². The van der Waals surface area contributed by atoms with Gasteiger partial charge in [0.25, 0.3) is 5.91 Å². The standard InChI is InChI=1S/C27H25Cl2F2N3O8S2/c1-32(2)24(36)16-4-3-5-17(10-16)44(39,40)34-8-9-43-25(34)26(37)41-23(12-18-19(28)13-33(38)14-20(18)29)15-6-7-22(21(35)11-15)42-27(30)31/h3-7,10-11,13-14,23,25,27,35H,8-9,12H2,1-2H3/t23-,25-/m0/s1. The highest BCUT2D eigenvalue weighted by atomic mass is 35.5. The van der Waals surface area contributed by atoms with E-state index in [0.29, 0.717) is 4.73 Å². The Morgan fingerprint density at radius 2 is 1.86 bits per heavy atom. The van der Waals surface area contributed by atoms with E-state index in [-0.39, 0.29) is 50.3 Å². The van der Waals surface area contributed by atoms with E-state index >= 15 is 0 Å². The molecule has 44 heavy (non-hydrogen) atoms. The van der Waals surface area contributed by atoms with Crippen molar-refractivity contribution in [3.05, 3.63) is 86.8 Å². The number of carbonyl (C=O) groups excluding carboxylic acids is 2. The highest BCUT2D eigenvalue weighted by Crippen LogP contribution is 2.37. The van der Waals surface area contributed by atoms with Gasteiger partial charge in [-0.15, -0.1) is 11.8 Å². The summed E-state index contributed by atoms with van der Waals surface area (Å²) in [5, 5.41) is 20.6. The van der Waals surface area contributed by atoms with Crippen molar-refractivity contribution in [2.45, 2.75) is 29.4 Å². The van der Waals surface area contributed by atoms with Gasteiger partial charge in [0.05, 0.1) is 4.90 Å². The SMILES string of the molecule is CN(C)C(=O)c1cccc(S(=O)(=O)N2CCS[C@H]2C(=O)O[C@@H](Cc2c(Cl)c[n+]([O-])cc2Cl)c2ccc(OC(F)F)c(O)c2)c1. The molecule has 2 heterocycles. The minimum Gasteiger partial charge on any atom is -0.619 e. The second kappa shape index (κ2) is 13.7. The fraction of sp³-hybridized carbons (Fsp3) is 0.296. The maximum Gasteiger partial charge on any atom is 0.387 e. The number of esters is 1. The van der Waals surface area contributed by atoms with Crippen LogP contribution in [0.15, 0.2) is 59.8 Å². The van der Waals surface area contributed by atoms with Crippen molar-refractivity contribution in [3.63, 3.8) is 0 Å². The lowest BCUT2D eigenvalue weighted by Crippen LogP contribution is -2.40. The van der Waals surface area contributed by atoms with Crippen LogP contribution in [0, 0.1) is 5.21 Å². The second-order valence-corrected chi connectivity index (χ2v) is 13.5. The molecule has 0 spiro atoms. The van der Waals surface area contributed by atoms with Crippen molar-refractivity contribution in [3.8, 4) is 11.5 Å². The molecule has 4 rings (SSSR count). The average Bonchev–Trinajstić information content (AvgIpc) is 3.46. The van der Waals surface area contributed by atoms with Crippen LogP contribution in [-0.2, 0) is 26.0 Å². The van der Waals surface area contributed by atoms with E-state index in [4.69, 9.17) is 27.9 Å². The first kappa shape index (κ1) is 33.5. The zero-order valence-electron chi connectivity index (χ0n) is 23.0. The van der Waals surface area contributed by atoms with Gasteiger partial charge in [0.15, 0.2) is 29.3 Å². The number of nitrogens with zero attached hydrogens (tertiary/aromatic N) is 3. The highest BCUT2D eigenvalue weighted by Gasteiger charge is 2.42. The normalized spacial score (nSPS) is 16.1. The topological polar surface area (TPSA) is 140 Å². The summed E-state index contributed by atoms with van der Waals surface area (Å²) in [4.78, 5) is 27.1. The van der Waals surface area contributed by atoms with Crippen molar-refractivity contribution in [2.24, 2.45) is 0 Å². The predicted molar refractivity (Wildman–Crippen MR) is 157 cm³/mol. The van der Waals surface area contributed by atoms with E-state index in [1.54, 1.807) is 0 Å². The molecule has 1 aliphatic heterocycles. The van der Waals surface area contributed by atoms with Crippen LogP contribution >= 0.6 is 35.0 Å². The number of rotatable bonds is 10. The Kier molecular flexibility index (Phi) is 10.5. The molecule has 1 aliphatic rings. The molecular formula is C27H25Cl2F2N3O8S2. The summed E-state index contributed by atoms with van der Waals surface area (Å²) in [6.45, 7) is -3.25. The number of benzene rings is 2. The lowest BCUT2D eigenvalue weighted by molar-refractivity contribution is -0.605. The van der Waals surface area contributed by atoms with Crippen LogP contribution in [0.3, 0.4) is 0 Å². The molecule has 1 fully saturated rings. The van der Waals surface area contributed by atoms with Gasteiger partial charge in [-0.3, -0.25) is 4.79 Å². The van der Waals surface area contributed by atoms with Crippen molar-refractivity contribution in [1.29, 1.82) is 0 Å². The summed E-state index contributed by atoms with van der Waals surface area (Å²) < 4.78 is 64.1. The minimum absolute atomic E-state index is 0.0381. The van der Waals surface area contributed by atoms with Crippen LogP contribution in [-0.4, -0.2) is 73.0 Å². The summed E-state index contributed by atoms with van der Waals surface area (Å²) in [5.41, 5.74) is 0.435. The average molecular weight is 693 g/mol. The van der Waals surface area contributed by atoms with Gasteiger partial charge in [0.2, 0.25) is 10.0 Å². The first-order valence-corrected chi connectivity index (χ1v) is 15.9. The Morgan fingerprint density at radius 1 is 1.18 bits per heavy atom. The Labute approximate surface area is 265 Å². The zero-order chi connectivity index (χ0) is 32.3. The van der Waals surface area contributed by atoms with Crippen molar-refractivity contribution >= 4 is 56.9 Å². The molecule has 0 radical (unpaired) electrons. The molecule has 0 bridgehead atoms. The van der Waals surface area contributed by atoms with Gasteiger partial charge < -0.3 is 24.7 Å². The number of amides is 1. The first-order valence-electron chi connectivity index (χ1n) is 12.7. The largest absolute Gasteiger partial charge is 0.619 e. The number of phenolic OH excluding ortho intramolecular Hbond substituents is 1. The Morgan fingerprint density at radius 3 is 2.48 bits per heavy atom. The Balaban J connectivity index is 1.66. The van der Waals surface area contributed by atoms with E-state index in [2.05, 4.69) is 4.74 Å². The van der Waals surface area contributed by atoms with Gasteiger partial charge in [-0.05, 0) is 35.9 Å². The van der Waals surface area contributed by atoms with Gasteiger partial charge in [-0.25, -0.2) is 13.2 Å². The molecule has 11 nitrogen and oxygen atoms in total. The van der Waals surface area contributed by atoms with Crippen molar-refractivity contribution in [1.82, 2.24) is 9.21 Å². The van der Waals surface area contributed by atoms with E-state index < -0.39 is 51.5 Å². The summed E-state index contributed by atoms with van der Waals surface area (Å²) in [7, 11) is -1.23. The molecule has 2 aromatic carbocycles. The van der Waals surface area contributed by atoms with Crippen LogP contribution in [0.5, 0.6) is 11.5 Å². The van der Waals surface area contributed by atoms with Crippen LogP contribution in [0.1, 0.15) is 27.6 Å². The van der Waals surface area contributed by atoms with Gasteiger partial charge in [-0.1, -0.05) is 35.3 Å². The van der Waals surface area contributed by atoms with E-state index in [1.165, 1.54) is 49.3 Å². The minimum atomic E-state index is -4.28. The summed E-state index contributed by atoms with van der Waals surface area (Å²) in [5.74, 6) is -2.35. The molecule has 0 aliphatic carbocycles. The molecule has 0 saturated carbocycles. The van der Waals surface area contributed by atoms with Crippen LogP contribution in [0.2, 0.25) is 10.0 Å². The molecule has 3 aromatic rings. The molecule has 1 N–H and O–H groups in total. The van der Waals surface area contributed by atoms with E-state index in [0.717, 1.165) is 40.6 Å². The van der Waals surface area contributed by atoms with Gasteiger partial charge in [0.1, 0.15) is 16.1 Å². The molecule has 236 valence electrons. The van der Waals surface area contributed by atoms with Crippen molar-refractivity contribution in [2.75, 3.05) is 26.4 Å². The van der Waals surface area contributed by atoms with Gasteiger partial charge in [0, 0.05) is 43.9 Å². The number of thioether (sulfide) groups is 1. The second-order valence-electron chi connectivity index (χ2n) is 9.59. The number of halogens is 4. The molecule has 1 saturated heterocycles. The number of pyridine rings is 1. The van der Waals surface area contributed by atoms with Gasteiger partial charge >= 0.3 is 12.6 Å². The fourth-order valence-corrected chi connectivity index (χ4v) is 8.03. The Hall–Kier alpha value is -3.37. The number of phenols is 1. The van der Waals surface area contributed by atoms with Gasteiger partial charge in [-0.2, -0.15) is 17.8 Å². The zero-order valence-corrected chi connectivity index (χ0v) is 26.2. The fourth-order valence-electron chi connectivity index (χ4n) is 4.34. The number of sulfonamides is 1. The number of carbonyl (C=O) groups is 2. The molecule has 1 aromatic heterocycles. The third kappa shape index (κ3) is 7.46. The maximum absolute atomic E-state index is 13.6. The number of aromatic nitrogens is 1. The Bertz CT molecular complexity index is 1660. The first-order chi connectivity index (χ1) is 20.7.